The zero-order valence-electron chi connectivity index (χ0n) is 12.9. The molecule has 0 aliphatic heterocycles. The van der Waals surface area contributed by atoms with Crippen LogP contribution in [0.5, 0.6) is 0 Å². The zero-order valence-corrected chi connectivity index (χ0v) is 15.1. The monoisotopic (exact) mass is 455 g/mol. The van der Waals surface area contributed by atoms with E-state index in [0.29, 0.717) is 17.4 Å². The van der Waals surface area contributed by atoms with E-state index < -0.39 is 11.7 Å². The van der Waals surface area contributed by atoms with Crippen LogP contribution in [0.2, 0.25) is 0 Å². The summed E-state index contributed by atoms with van der Waals surface area (Å²) in [6.45, 7) is 0. The number of nitrogens with one attached hydrogen (secondary N) is 1. The van der Waals surface area contributed by atoms with Crippen LogP contribution in [0.15, 0.2) is 42.6 Å². The molecule has 0 saturated heterocycles. The number of imidazole rings is 1. The molecule has 1 aliphatic rings. The van der Waals surface area contributed by atoms with Gasteiger partial charge in [-0.15, -0.1) is 0 Å². The lowest BCUT2D eigenvalue weighted by atomic mass is 10.0. The van der Waals surface area contributed by atoms with Gasteiger partial charge in [-0.05, 0) is 70.8 Å². The van der Waals surface area contributed by atoms with Crippen LogP contribution in [-0.2, 0) is 6.18 Å². The molecule has 2 aromatic heterocycles. The highest BCUT2D eigenvalue weighted by Gasteiger charge is 2.30. The molecule has 3 nitrogen and oxygen atoms in total. The predicted octanol–water partition coefficient (Wildman–Crippen LogP) is 5.64. The van der Waals surface area contributed by atoms with Crippen molar-refractivity contribution in [1.82, 2.24) is 15.0 Å². The summed E-state index contributed by atoms with van der Waals surface area (Å²) in [6, 6.07) is 9.07. The molecule has 0 bridgehead atoms. The molecular formula is C18H13F3IN3. The SMILES string of the molecule is FC(F)(F)c1ccc(-c2cc(-c3ncc(I)[nH]3)nc(C3CC3)c2)cc1. The third kappa shape index (κ3) is 3.56. The van der Waals surface area contributed by atoms with E-state index in [1.165, 1.54) is 12.1 Å². The summed E-state index contributed by atoms with van der Waals surface area (Å²) in [4.78, 5) is 12.1. The molecule has 1 saturated carbocycles. The van der Waals surface area contributed by atoms with E-state index in [9.17, 15) is 13.2 Å². The minimum absolute atomic E-state index is 0.433. The normalized spacial score (nSPS) is 14.7. The number of nitrogens with zero attached hydrogens (tertiary/aromatic N) is 2. The molecule has 3 aromatic rings. The Kier molecular flexibility index (Phi) is 4.05. The standard InChI is InChI=1S/C18H13F3IN3/c19-18(20,21)13-5-3-10(4-6-13)12-7-14(11-1-2-11)24-15(8-12)17-23-9-16(22)25-17/h3-9,11H,1-2H2,(H,23,25). The van der Waals surface area contributed by atoms with Crippen LogP contribution < -0.4 is 0 Å². The van der Waals surface area contributed by atoms with Gasteiger partial charge in [0.1, 0.15) is 5.69 Å². The Morgan fingerprint density at radius 1 is 1.04 bits per heavy atom. The van der Waals surface area contributed by atoms with E-state index in [-0.39, 0.29) is 0 Å². The van der Waals surface area contributed by atoms with Crippen molar-refractivity contribution in [3.63, 3.8) is 0 Å². The first kappa shape index (κ1) is 16.6. The quantitative estimate of drug-likeness (QED) is 0.520. The summed E-state index contributed by atoms with van der Waals surface area (Å²) in [6.07, 6.45) is -0.414. The van der Waals surface area contributed by atoms with E-state index in [1.807, 2.05) is 12.1 Å². The number of pyridine rings is 1. The Hall–Kier alpha value is -1.90. The summed E-state index contributed by atoms with van der Waals surface area (Å²) in [7, 11) is 0. The van der Waals surface area contributed by atoms with Crippen molar-refractivity contribution in [3.8, 4) is 22.6 Å². The van der Waals surface area contributed by atoms with Crippen LogP contribution in [0.1, 0.15) is 30.0 Å². The predicted molar refractivity (Wildman–Crippen MR) is 96.9 cm³/mol. The van der Waals surface area contributed by atoms with Crippen molar-refractivity contribution in [2.45, 2.75) is 24.9 Å². The highest BCUT2D eigenvalue weighted by Crippen LogP contribution is 2.41. The lowest BCUT2D eigenvalue weighted by Crippen LogP contribution is -2.04. The van der Waals surface area contributed by atoms with Crippen molar-refractivity contribution in [3.05, 3.63) is 57.6 Å². The fraction of sp³-hybridized carbons (Fsp3) is 0.222. The number of halogens is 4. The van der Waals surface area contributed by atoms with Gasteiger partial charge >= 0.3 is 6.18 Å². The van der Waals surface area contributed by atoms with E-state index in [4.69, 9.17) is 0 Å². The molecule has 4 rings (SSSR count). The number of aromatic amines is 1. The molecule has 2 heterocycles. The molecule has 0 radical (unpaired) electrons. The number of aromatic nitrogens is 3. The van der Waals surface area contributed by atoms with Crippen molar-refractivity contribution < 1.29 is 13.2 Å². The third-order valence-electron chi connectivity index (χ3n) is 4.17. The second-order valence-electron chi connectivity index (χ2n) is 6.10. The molecular weight excluding hydrogens is 442 g/mol. The van der Waals surface area contributed by atoms with E-state index in [2.05, 4.69) is 37.5 Å². The van der Waals surface area contributed by atoms with Gasteiger partial charge in [0.05, 0.1) is 15.5 Å². The molecule has 0 spiro atoms. The molecule has 128 valence electrons. The Bertz CT molecular complexity index is 912. The van der Waals surface area contributed by atoms with Gasteiger partial charge in [0, 0.05) is 11.6 Å². The van der Waals surface area contributed by atoms with E-state index in [0.717, 1.165) is 45.5 Å². The Morgan fingerprint density at radius 3 is 2.32 bits per heavy atom. The second-order valence-corrected chi connectivity index (χ2v) is 7.26. The van der Waals surface area contributed by atoms with Crippen LogP contribution in [0.3, 0.4) is 0 Å². The molecule has 1 fully saturated rings. The molecule has 0 unspecified atom stereocenters. The fourth-order valence-corrected chi connectivity index (χ4v) is 3.10. The first-order valence-electron chi connectivity index (χ1n) is 7.80. The fourth-order valence-electron chi connectivity index (χ4n) is 2.71. The van der Waals surface area contributed by atoms with Crippen molar-refractivity contribution in [2.75, 3.05) is 0 Å². The van der Waals surface area contributed by atoms with Gasteiger partial charge < -0.3 is 4.98 Å². The van der Waals surface area contributed by atoms with Gasteiger partial charge in [-0.25, -0.2) is 9.97 Å². The lowest BCUT2D eigenvalue weighted by molar-refractivity contribution is -0.137. The van der Waals surface area contributed by atoms with Gasteiger partial charge in [-0.2, -0.15) is 13.2 Å². The number of H-pyrrole nitrogens is 1. The summed E-state index contributed by atoms with van der Waals surface area (Å²) >= 11 is 2.14. The lowest BCUT2D eigenvalue weighted by Gasteiger charge is -2.10. The Morgan fingerprint density at radius 2 is 1.76 bits per heavy atom. The van der Waals surface area contributed by atoms with Gasteiger partial charge in [0.25, 0.3) is 0 Å². The number of hydrogen-bond acceptors (Lipinski definition) is 2. The first-order chi connectivity index (χ1) is 11.9. The molecule has 1 aliphatic carbocycles. The number of hydrogen-bond donors (Lipinski definition) is 1. The smallest absolute Gasteiger partial charge is 0.332 e. The third-order valence-corrected chi connectivity index (χ3v) is 4.72. The van der Waals surface area contributed by atoms with Crippen LogP contribution >= 0.6 is 22.6 Å². The molecule has 1 N–H and O–H groups in total. The maximum atomic E-state index is 12.8. The van der Waals surface area contributed by atoms with E-state index >= 15 is 0 Å². The van der Waals surface area contributed by atoms with Crippen LogP contribution in [-0.4, -0.2) is 15.0 Å². The van der Waals surface area contributed by atoms with Crippen LogP contribution in [0.25, 0.3) is 22.6 Å². The maximum Gasteiger partial charge on any atom is 0.416 e. The van der Waals surface area contributed by atoms with Crippen molar-refractivity contribution >= 4 is 22.6 Å². The molecule has 7 heteroatoms. The Balaban J connectivity index is 1.77. The molecule has 0 atom stereocenters. The highest BCUT2D eigenvalue weighted by molar-refractivity contribution is 14.1. The summed E-state index contributed by atoms with van der Waals surface area (Å²) in [5.74, 6) is 1.10. The number of rotatable bonds is 3. The minimum Gasteiger partial charge on any atom is -0.332 e. The maximum absolute atomic E-state index is 12.8. The van der Waals surface area contributed by atoms with Crippen LogP contribution in [0.4, 0.5) is 13.2 Å². The number of alkyl halides is 3. The highest BCUT2D eigenvalue weighted by atomic mass is 127. The second kappa shape index (κ2) is 6.12. The minimum atomic E-state index is -4.33. The summed E-state index contributed by atoms with van der Waals surface area (Å²) in [5, 5.41) is 0. The zero-order chi connectivity index (χ0) is 17.6. The number of benzene rings is 1. The molecule has 0 amide bonds. The molecule has 25 heavy (non-hydrogen) atoms. The van der Waals surface area contributed by atoms with Gasteiger partial charge in [0.15, 0.2) is 5.82 Å². The van der Waals surface area contributed by atoms with Gasteiger partial charge in [-0.3, -0.25) is 0 Å². The Labute approximate surface area is 155 Å². The topological polar surface area (TPSA) is 41.6 Å². The van der Waals surface area contributed by atoms with Gasteiger partial charge in [-0.1, -0.05) is 12.1 Å². The largest absolute Gasteiger partial charge is 0.416 e. The molecule has 1 aromatic carbocycles. The van der Waals surface area contributed by atoms with Gasteiger partial charge in [0.2, 0.25) is 0 Å². The van der Waals surface area contributed by atoms with Crippen molar-refractivity contribution in [1.29, 1.82) is 0 Å². The summed E-state index contributed by atoms with van der Waals surface area (Å²) < 4.78 is 39.2. The van der Waals surface area contributed by atoms with Crippen LogP contribution in [0, 0.1) is 3.70 Å². The first-order valence-corrected chi connectivity index (χ1v) is 8.88. The summed E-state index contributed by atoms with van der Waals surface area (Å²) in [5.41, 5.74) is 2.63. The van der Waals surface area contributed by atoms with E-state index in [1.54, 1.807) is 6.20 Å². The average Bonchev–Trinajstić information content (AvgIpc) is 3.35. The average molecular weight is 455 g/mol. The van der Waals surface area contributed by atoms with Crippen molar-refractivity contribution in [2.24, 2.45) is 0 Å².